The Morgan fingerprint density at radius 3 is 2.03 bits per heavy atom. The van der Waals surface area contributed by atoms with Crippen molar-refractivity contribution in [2.75, 3.05) is 12.3 Å². The summed E-state index contributed by atoms with van der Waals surface area (Å²) in [5.74, 6) is 1.56. The molecule has 0 aliphatic carbocycles. The fourth-order valence-electron chi connectivity index (χ4n) is 3.35. The molecular formula is C22H24N2O4S. The third-order valence-corrected chi connectivity index (χ3v) is 6.08. The van der Waals surface area contributed by atoms with Gasteiger partial charge in [0.05, 0.1) is 16.1 Å². The predicted molar refractivity (Wildman–Crippen MR) is 114 cm³/mol. The molecule has 2 amide bonds. The lowest BCUT2D eigenvalue weighted by Gasteiger charge is -2.13. The molecule has 0 aromatic heterocycles. The first-order chi connectivity index (χ1) is 14.1. The Morgan fingerprint density at radius 1 is 0.828 bits per heavy atom. The number of carbonyl (C=O) groups is 2. The van der Waals surface area contributed by atoms with E-state index in [1.807, 2.05) is 23.9 Å². The van der Waals surface area contributed by atoms with Gasteiger partial charge in [0.25, 0.3) is 17.5 Å². The van der Waals surface area contributed by atoms with Crippen molar-refractivity contribution in [2.45, 2.75) is 37.9 Å². The summed E-state index contributed by atoms with van der Waals surface area (Å²) in [7, 11) is 0. The molecule has 6 nitrogen and oxygen atoms in total. The number of imide groups is 1. The third kappa shape index (κ3) is 5.44. The summed E-state index contributed by atoms with van der Waals surface area (Å²) >= 11 is 1.83. The highest BCUT2D eigenvalue weighted by Crippen LogP contribution is 2.23. The van der Waals surface area contributed by atoms with Crippen molar-refractivity contribution >= 4 is 29.3 Å². The van der Waals surface area contributed by atoms with Crippen molar-refractivity contribution in [3.05, 3.63) is 75.3 Å². The van der Waals surface area contributed by atoms with Crippen molar-refractivity contribution in [3.63, 3.8) is 0 Å². The lowest BCUT2D eigenvalue weighted by molar-refractivity contribution is -0.384. The van der Waals surface area contributed by atoms with Crippen LogP contribution in [0.5, 0.6) is 0 Å². The fourth-order valence-corrected chi connectivity index (χ4v) is 4.33. The number of benzene rings is 2. The molecule has 0 saturated carbocycles. The second kappa shape index (κ2) is 10.2. The van der Waals surface area contributed by atoms with Crippen LogP contribution in [0.25, 0.3) is 0 Å². The number of hydrogen-bond donors (Lipinski definition) is 0. The quantitative estimate of drug-likeness (QED) is 0.223. The summed E-state index contributed by atoms with van der Waals surface area (Å²) in [6.45, 7) is 0.487. The van der Waals surface area contributed by atoms with E-state index in [9.17, 15) is 19.7 Å². The van der Waals surface area contributed by atoms with Gasteiger partial charge in [0.1, 0.15) is 0 Å². The molecule has 0 saturated heterocycles. The largest absolute Gasteiger partial charge is 0.274 e. The van der Waals surface area contributed by atoms with Crippen LogP contribution in [0.1, 0.15) is 58.4 Å². The van der Waals surface area contributed by atoms with E-state index in [1.165, 1.54) is 4.90 Å². The van der Waals surface area contributed by atoms with Gasteiger partial charge in [-0.05, 0) is 36.3 Å². The van der Waals surface area contributed by atoms with Crippen LogP contribution in [0.15, 0.2) is 48.5 Å². The summed E-state index contributed by atoms with van der Waals surface area (Å²) in [5.41, 5.74) is 2.26. The van der Waals surface area contributed by atoms with Crippen molar-refractivity contribution in [2.24, 2.45) is 0 Å². The number of hydrogen-bond acceptors (Lipinski definition) is 5. The number of rotatable bonds is 11. The zero-order chi connectivity index (χ0) is 20.6. The smallest absolute Gasteiger partial charge is 0.269 e. The molecule has 152 valence electrons. The standard InChI is InChI=1S/C22H24N2O4S/c25-21-19-8-4-5-9-20(19)22(26)23(21)14-6-2-1-3-7-15-29-16-17-10-12-18(13-11-17)24(27)28/h4-5,8-13H,1-3,6-7,14-16H2. The van der Waals surface area contributed by atoms with Gasteiger partial charge >= 0.3 is 0 Å². The van der Waals surface area contributed by atoms with Crippen molar-refractivity contribution in [1.29, 1.82) is 0 Å². The second-order valence-corrected chi connectivity index (χ2v) is 8.16. The molecule has 2 aromatic carbocycles. The average molecular weight is 413 g/mol. The average Bonchev–Trinajstić information content (AvgIpc) is 2.98. The maximum atomic E-state index is 12.3. The summed E-state index contributed by atoms with van der Waals surface area (Å²) in [4.78, 5) is 36.2. The number of unbranched alkanes of at least 4 members (excludes halogenated alkanes) is 4. The van der Waals surface area contributed by atoms with E-state index in [4.69, 9.17) is 0 Å². The van der Waals surface area contributed by atoms with Gasteiger partial charge in [0.2, 0.25) is 0 Å². The number of nitrogens with zero attached hydrogens (tertiary/aromatic N) is 2. The number of carbonyl (C=O) groups excluding carboxylic acids is 2. The monoisotopic (exact) mass is 412 g/mol. The maximum Gasteiger partial charge on any atom is 0.269 e. The highest BCUT2D eigenvalue weighted by molar-refractivity contribution is 7.98. The van der Waals surface area contributed by atoms with E-state index in [2.05, 4.69) is 0 Å². The molecule has 0 radical (unpaired) electrons. The molecule has 7 heteroatoms. The van der Waals surface area contributed by atoms with Crippen LogP contribution >= 0.6 is 11.8 Å². The van der Waals surface area contributed by atoms with E-state index in [0.717, 1.165) is 49.2 Å². The SMILES string of the molecule is O=C1c2ccccc2C(=O)N1CCCCCCCSCc1ccc([N+](=O)[O-])cc1. The molecule has 29 heavy (non-hydrogen) atoms. The van der Waals surface area contributed by atoms with Gasteiger partial charge in [-0.15, -0.1) is 0 Å². The minimum absolute atomic E-state index is 0.125. The van der Waals surface area contributed by atoms with E-state index in [0.29, 0.717) is 17.7 Å². The van der Waals surface area contributed by atoms with Crippen LogP contribution in [0.4, 0.5) is 5.69 Å². The summed E-state index contributed by atoms with van der Waals surface area (Å²) in [6, 6.07) is 13.7. The van der Waals surface area contributed by atoms with Gasteiger partial charge in [0, 0.05) is 24.4 Å². The minimum atomic E-state index is -0.384. The Balaban J connectivity index is 1.24. The number of nitro benzene ring substituents is 1. The van der Waals surface area contributed by atoms with Crippen molar-refractivity contribution in [3.8, 4) is 0 Å². The van der Waals surface area contributed by atoms with Gasteiger partial charge in [-0.1, -0.05) is 43.5 Å². The Bertz CT molecular complexity index is 848. The van der Waals surface area contributed by atoms with Crippen LogP contribution < -0.4 is 0 Å². The summed E-state index contributed by atoms with van der Waals surface area (Å²) in [5, 5.41) is 10.6. The maximum absolute atomic E-state index is 12.3. The normalized spacial score (nSPS) is 13.0. The number of thioether (sulfide) groups is 1. The molecule has 0 N–H and O–H groups in total. The van der Waals surface area contributed by atoms with Gasteiger partial charge < -0.3 is 0 Å². The molecule has 0 unspecified atom stereocenters. The lowest BCUT2D eigenvalue weighted by Crippen LogP contribution is -2.30. The molecule has 0 spiro atoms. The Kier molecular flexibility index (Phi) is 7.41. The third-order valence-electron chi connectivity index (χ3n) is 4.96. The Labute approximate surface area is 174 Å². The first-order valence-corrected chi connectivity index (χ1v) is 11.0. The zero-order valence-corrected chi connectivity index (χ0v) is 17.0. The number of nitro groups is 1. The number of amides is 2. The van der Waals surface area contributed by atoms with E-state index < -0.39 is 0 Å². The molecule has 0 atom stereocenters. The van der Waals surface area contributed by atoms with Crippen LogP contribution in [-0.2, 0) is 5.75 Å². The molecular weight excluding hydrogens is 388 g/mol. The second-order valence-electron chi connectivity index (χ2n) is 7.05. The van der Waals surface area contributed by atoms with Gasteiger partial charge in [0.15, 0.2) is 0 Å². The zero-order valence-electron chi connectivity index (χ0n) is 16.2. The molecule has 0 fully saturated rings. The van der Waals surface area contributed by atoms with Crippen molar-refractivity contribution in [1.82, 2.24) is 4.90 Å². The van der Waals surface area contributed by atoms with Gasteiger partial charge in [-0.25, -0.2) is 0 Å². The minimum Gasteiger partial charge on any atom is -0.274 e. The van der Waals surface area contributed by atoms with E-state index >= 15 is 0 Å². The summed E-state index contributed by atoms with van der Waals surface area (Å²) < 4.78 is 0. The Hall–Kier alpha value is -2.67. The molecule has 3 rings (SSSR count). The molecule has 0 bridgehead atoms. The highest BCUT2D eigenvalue weighted by Gasteiger charge is 2.34. The molecule has 1 aliphatic heterocycles. The van der Waals surface area contributed by atoms with Crippen LogP contribution in [0.2, 0.25) is 0 Å². The molecule has 1 heterocycles. The van der Waals surface area contributed by atoms with Gasteiger partial charge in [-0.3, -0.25) is 24.6 Å². The molecule has 1 aliphatic rings. The first kappa shape index (κ1) is 21.0. The fraction of sp³-hybridized carbons (Fsp3) is 0.364. The first-order valence-electron chi connectivity index (χ1n) is 9.84. The number of fused-ring (bicyclic) bond motifs is 1. The lowest BCUT2D eigenvalue weighted by atomic mass is 10.1. The molecule has 2 aromatic rings. The van der Waals surface area contributed by atoms with E-state index in [1.54, 1.807) is 36.4 Å². The topological polar surface area (TPSA) is 80.5 Å². The van der Waals surface area contributed by atoms with Crippen LogP contribution in [0, 0.1) is 10.1 Å². The highest BCUT2D eigenvalue weighted by atomic mass is 32.2. The Morgan fingerprint density at radius 2 is 1.41 bits per heavy atom. The van der Waals surface area contributed by atoms with Crippen LogP contribution in [-0.4, -0.2) is 33.9 Å². The van der Waals surface area contributed by atoms with Gasteiger partial charge in [-0.2, -0.15) is 11.8 Å². The number of non-ortho nitro benzene ring substituents is 1. The predicted octanol–water partition coefficient (Wildman–Crippen LogP) is 5.07. The summed E-state index contributed by atoms with van der Waals surface area (Å²) in [6.07, 6.45) is 5.16. The van der Waals surface area contributed by atoms with Crippen molar-refractivity contribution < 1.29 is 14.5 Å². The van der Waals surface area contributed by atoms with E-state index in [-0.39, 0.29) is 22.4 Å². The van der Waals surface area contributed by atoms with Crippen LogP contribution in [0.3, 0.4) is 0 Å².